The Balaban J connectivity index is 1.48. The first kappa shape index (κ1) is 25.6. The van der Waals surface area contributed by atoms with Crippen LogP contribution in [0.4, 0.5) is 21.5 Å². The lowest BCUT2D eigenvalue weighted by molar-refractivity contribution is -0.120. The average Bonchev–Trinajstić information content (AvgIpc) is 3.11. The lowest BCUT2D eigenvalue weighted by Crippen LogP contribution is -2.32. The van der Waals surface area contributed by atoms with E-state index in [1.54, 1.807) is 18.2 Å². The second-order valence-corrected chi connectivity index (χ2v) is 8.36. The molecule has 188 valence electrons. The SMILES string of the molecule is CCCOC(=O)c1ccc(N2C(=O)C(Cl)=C(Nc3cccc(C(=O)Nc4ccc(F)cc4)c3)C2=O)cc1. The largest absolute Gasteiger partial charge is 0.462 e. The van der Waals surface area contributed by atoms with Crippen LogP contribution in [0.3, 0.4) is 0 Å². The summed E-state index contributed by atoms with van der Waals surface area (Å²) in [6.07, 6.45) is 0.683. The zero-order valence-corrected chi connectivity index (χ0v) is 20.3. The fourth-order valence-corrected chi connectivity index (χ4v) is 3.70. The van der Waals surface area contributed by atoms with Crippen molar-refractivity contribution in [2.24, 2.45) is 0 Å². The number of carbonyl (C=O) groups excluding carboxylic acids is 4. The molecule has 3 aromatic rings. The number of nitrogens with one attached hydrogen (secondary N) is 2. The highest BCUT2D eigenvalue weighted by Gasteiger charge is 2.39. The summed E-state index contributed by atoms with van der Waals surface area (Å²) in [5.74, 6) is -2.82. The number of benzene rings is 3. The van der Waals surface area contributed by atoms with E-state index >= 15 is 0 Å². The molecule has 0 aliphatic carbocycles. The van der Waals surface area contributed by atoms with Crippen molar-refractivity contribution < 1.29 is 28.3 Å². The fraction of sp³-hybridized carbons (Fsp3) is 0.111. The van der Waals surface area contributed by atoms with Gasteiger partial charge in [-0.15, -0.1) is 0 Å². The number of anilines is 3. The first-order valence-corrected chi connectivity index (χ1v) is 11.7. The van der Waals surface area contributed by atoms with Gasteiger partial charge in [0.05, 0.1) is 17.9 Å². The number of ether oxygens (including phenoxy) is 1. The van der Waals surface area contributed by atoms with Crippen LogP contribution in [0.1, 0.15) is 34.1 Å². The van der Waals surface area contributed by atoms with Crippen LogP contribution in [-0.2, 0) is 14.3 Å². The van der Waals surface area contributed by atoms with Gasteiger partial charge in [0.25, 0.3) is 17.7 Å². The van der Waals surface area contributed by atoms with Gasteiger partial charge in [-0.3, -0.25) is 14.4 Å². The van der Waals surface area contributed by atoms with Crippen LogP contribution in [-0.4, -0.2) is 30.3 Å². The summed E-state index contributed by atoms with van der Waals surface area (Å²) in [6, 6.07) is 17.3. The summed E-state index contributed by atoms with van der Waals surface area (Å²) >= 11 is 6.20. The molecular formula is C27H21ClFN3O5. The van der Waals surface area contributed by atoms with E-state index in [-0.39, 0.29) is 34.2 Å². The molecule has 4 rings (SSSR count). The summed E-state index contributed by atoms with van der Waals surface area (Å²) in [4.78, 5) is 51.4. The maximum atomic E-state index is 13.1. The zero-order valence-electron chi connectivity index (χ0n) is 19.6. The number of imide groups is 1. The smallest absolute Gasteiger partial charge is 0.338 e. The van der Waals surface area contributed by atoms with E-state index in [1.807, 2.05) is 6.92 Å². The van der Waals surface area contributed by atoms with Gasteiger partial charge in [0.2, 0.25) is 0 Å². The van der Waals surface area contributed by atoms with Crippen molar-refractivity contribution in [3.63, 3.8) is 0 Å². The van der Waals surface area contributed by atoms with Crippen molar-refractivity contribution in [3.05, 3.63) is 100 Å². The van der Waals surface area contributed by atoms with Gasteiger partial charge in [-0.05, 0) is 73.2 Å². The molecule has 37 heavy (non-hydrogen) atoms. The number of rotatable bonds is 8. The van der Waals surface area contributed by atoms with Gasteiger partial charge in [-0.2, -0.15) is 0 Å². The second-order valence-electron chi connectivity index (χ2n) is 7.98. The third-order valence-corrected chi connectivity index (χ3v) is 5.67. The van der Waals surface area contributed by atoms with Crippen molar-refractivity contribution in [3.8, 4) is 0 Å². The predicted molar refractivity (Wildman–Crippen MR) is 137 cm³/mol. The van der Waals surface area contributed by atoms with E-state index in [0.29, 0.717) is 17.8 Å². The van der Waals surface area contributed by atoms with Gasteiger partial charge in [0.15, 0.2) is 0 Å². The van der Waals surface area contributed by atoms with Crippen LogP contribution in [0.2, 0.25) is 0 Å². The second kappa shape index (κ2) is 11.0. The fourth-order valence-electron chi connectivity index (χ4n) is 3.49. The van der Waals surface area contributed by atoms with E-state index in [2.05, 4.69) is 10.6 Å². The van der Waals surface area contributed by atoms with Crippen LogP contribution >= 0.6 is 11.6 Å². The van der Waals surface area contributed by atoms with E-state index < -0.39 is 29.5 Å². The van der Waals surface area contributed by atoms with Crippen LogP contribution < -0.4 is 15.5 Å². The Morgan fingerprint density at radius 1 is 0.919 bits per heavy atom. The van der Waals surface area contributed by atoms with Gasteiger partial charge in [0.1, 0.15) is 16.5 Å². The van der Waals surface area contributed by atoms with Crippen LogP contribution in [0.15, 0.2) is 83.5 Å². The summed E-state index contributed by atoms with van der Waals surface area (Å²) in [7, 11) is 0. The summed E-state index contributed by atoms with van der Waals surface area (Å²) in [5.41, 5.74) is 1.36. The number of hydrogen-bond acceptors (Lipinski definition) is 6. The van der Waals surface area contributed by atoms with Gasteiger partial charge < -0.3 is 15.4 Å². The molecule has 0 atom stereocenters. The molecule has 3 aromatic carbocycles. The molecule has 0 saturated heterocycles. The Hall–Kier alpha value is -4.50. The van der Waals surface area contributed by atoms with Crippen molar-refractivity contribution in [2.45, 2.75) is 13.3 Å². The Kier molecular flexibility index (Phi) is 7.64. The number of nitrogens with zero attached hydrogens (tertiary/aromatic N) is 1. The predicted octanol–water partition coefficient (Wildman–Crippen LogP) is 5.08. The van der Waals surface area contributed by atoms with Crippen molar-refractivity contribution in [1.29, 1.82) is 0 Å². The minimum Gasteiger partial charge on any atom is -0.462 e. The molecule has 0 aromatic heterocycles. The lowest BCUT2D eigenvalue weighted by atomic mass is 10.1. The highest BCUT2D eigenvalue weighted by molar-refractivity contribution is 6.53. The van der Waals surface area contributed by atoms with E-state index in [1.165, 1.54) is 54.6 Å². The lowest BCUT2D eigenvalue weighted by Gasteiger charge is -2.15. The Morgan fingerprint density at radius 3 is 2.30 bits per heavy atom. The molecule has 0 bridgehead atoms. The minimum absolute atomic E-state index is 0.158. The van der Waals surface area contributed by atoms with Gasteiger partial charge in [-0.25, -0.2) is 14.1 Å². The first-order chi connectivity index (χ1) is 17.8. The van der Waals surface area contributed by atoms with Crippen molar-refractivity contribution in [2.75, 3.05) is 22.1 Å². The van der Waals surface area contributed by atoms with E-state index in [4.69, 9.17) is 16.3 Å². The molecule has 0 saturated carbocycles. The number of amides is 3. The van der Waals surface area contributed by atoms with Gasteiger partial charge in [-0.1, -0.05) is 24.6 Å². The highest BCUT2D eigenvalue weighted by atomic mass is 35.5. The Bertz CT molecular complexity index is 1400. The molecule has 8 nitrogen and oxygen atoms in total. The third-order valence-electron chi connectivity index (χ3n) is 5.32. The van der Waals surface area contributed by atoms with E-state index in [0.717, 1.165) is 4.90 Å². The van der Waals surface area contributed by atoms with Crippen LogP contribution in [0.25, 0.3) is 0 Å². The topological polar surface area (TPSA) is 105 Å². The molecular weight excluding hydrogens is 501 g/mol. The third kappa shape index (κ3) is 5.68. The van der Waals surface area contributed by atoms with E-state index in [9.17, 15) is 23.6 Å². The number of carbonyl (C=O) groups is 4. The first-order valence-electron chi connectivity index (χ1n) is 11.3. The van der Waals surface area contributed by atoms with Crippen molar-refractivity contribution in [1.82, 2.24) is 0 Å². The number of halogens is 2. The average molecular weight is 522 g/mol. The minimum atomic E-state index is -0.735. The Labute approximate surface area is 216 Å². The zero-order chi connectivity index (χ0) is 26.5. The monoisotopic (exact) mass is 521 g/mol. The quantitative estimate of drug-likeness (QED) is 0.316. The molecule has 1 aliphatic heterocycles. The molecule has 1 heterocycles. The standard InChI is InChI=1S/C27H21ClFN3O5/c1-2-14-37-27(36)16-6-12-21(13-7-16)32-25(34)22(28)23(26(32)35)30-20-5-3-4-17(15-20)24(33)31-19-10-8-18(29)9-11-19/h3-13,15,30H,2,14H2,1H3,(H,31,33). The molecule has 3 amide bonds. The Morgan fingerprint density at radius 2 is 1.62 bits per heavy atom. The van der Waals surface area contributed by atoms with Gasteiger partial charge >= 0.3 is 5.97 Å². The summed E-state index contributed by atoms with van der Waals surface area (Å²) < 4.78 is 18.2. The van der Waals surface area contributed by atoms with Crippen LogP contribution in [0, 0.1) is 5.82 Å². The van der Waals surface area contributed by atoms with Gasteiger partial charge in [0, 0.05) is 16.9 Å². The maximum Gasteiger partial charge on any atom is 0.338 e. The molecule has 0 radical (unpaired) electrons. The molecule has 10 heteroatoms. The number of esters is 1. The molecule has 0 spiro atoms. The van der Waals surface area contributed by atoms with Crippen molar-refractivity contribution >= 4 is 52.4 Å². The number of hydrogen-bond donors (Lipinski definition) is 2. The maximum absolute atomic E-state index is 13.1. The normalized spacial score (nSPS) is 13.1. The molecule has 1 aliphatic rings. The molecule has 0 fully saturated rings. The highest BCUT2D eigenvalue weighted by Crippen LogP contribution is 2.30. The summed E-state index contributed by atoms with van der Waals surface area (Å²) in [5, 5.41) is 5.15. The molecule has 0 unspecified atom stereocenters. The summed E-state index contributed by atoms with van der Waals surface area (Å²) in [6.45, 7) is 2.16. The van der Waals surface area contributed by atoms with Crippen LogP contribution in [0.5, 0.6) is 0 Å². The molecule has 2 N–H and O–H groups in total.